The lowest BCUT2D eigenvalue weighted by Gasteiger charge is -2.13. The molecule has 0 saturated heterocycles. The summed E-state index contributed by atoms with van der Waals surface area (Å²) >= 11 is 1.03. The summed E-state index contributed by atoms with van der Waals surface area (Å²) in [6.45, 7) is 0. The minimum atomic E-state index is -4.85. The van der Waals surface area contributed by atoms with Crippen molar-refractivity contribution < 1.29 is 18.0 Å². The van der Waals surface area contributed by atoms with Gasteiger partial charge >= 0.3 is 6.18 Å². The second-order valence-electron chi connectivity index (χ2n) is 2.24. The number of Topliss-reactive ketones (excluding diaryl/α,β-unsaturated/α-hetero) is 1. The van der Waals surface area contributed by atoms with Gasteiger partial charge in [0.25, 0.3) is 5.78 Å². The maximum absolute atomic E-state index is 12.1. The summed E-state index contributed by atoms with van der Waals surface area (Å²) in [6, 6.07) is 0. The van der Waals surface area contributed by atoms with Crippen molar-refractivity contribution in [1.82, 2.24) is 10.6 Å². The molecule has 0 amide bonds. The van der Waals surface area contributed by atoms with E-state index in [1.54, 1.807) is 6.26 Å². The van der Waals surface area contributed by atoms with Crippen molar-refractivity contribution in [1.29, 1.82) is 0 Å². The van der Waals surface area contributed by atoms with E-state index in [2.05, 4.69) is 10.6 Å². The third-order valence-electron chi connectivity index (χ3n) is 1.39. The van der Waals surface area contributed by atoms with E-state index in [9.17, 15) is 18.0 Å². The van der Waals surface area contributed by atoms with Gasteiger partial charge in [-0.1, -0.05) is 0 Å². The first-order valence-corrected chi connectivity index (χ1v) is 4.86. The molecule has 14 heavy (non-hydrogen) atoms. The van der Waals surface area contributed by atoms with Gasteiger partial charge in [-0.3, -0.25) is 4.79 Å². The highest BCUT2D eigenvalue weighted by molar-refractivity contribution is 8.02. The zero-order valence-electron chi connectivity index (χ0n) is 7.95. The number of hydrogen-bond acceptors (Lipinski definition) is 4. The van der Waals surface area contributed by atoms with Crippen molar-refractivity contribution in [3.8, 4) is 0 Å². The van der Waals surface area contributed by atoms with Gasteiger partial charge in [-0.05, 0) is 6.26 Å². The van der Waals surface area contributed by atoms with Gasteiger partial charge in [0.2, 0.25) is 0 Å². The minimum Gasteiger partial charge on any atom is -0.383 e. The highest BCUT2D eigenvalue weighted by Gasteiger charge is 2.41. The predicted octanol–water partition coefficient (Wildman–Crippen LogP) is 1.09. The van der Waals surface area contributed by atoms with Crippen molar-refractivity contribution in [3.63, 3.8) is 0 Å². The van der Waals surface area contributed by atoms with Gasteiger partial charge < -0.3 is 10.6 Å². The van der Waals surface area contributed by atoms with E-state index in [1.165, 1.54) is 14.1 Å². The fourth-order valence-electron chi connectivity index (χ4n) is 0.801. The van der Waals surface area contributed by atoms with Gasteiger partial charge in [0.15, 0.2) is 0 Å². The largest absolute Gasteiger partial charge is 0.456 e. The molecule has 0 bridgehead atoms. The fraction of sp³-hybridized carbons (Fsp3) is 0.571. The summed E-state index contributed by atoms with van der Waals surface area (Å²) in [5.74, 6) is -1.88. The molecule has 0 aromatic rings. The molecule has 2 N–H and O–H groups in total. The molecule has 0 heterocycles. The number of ketones is 1. The Morgan fingerprint density at radius 1 is 1.21 bits per heavy atom. The number of thioether (sulfide) groups is 1. The van der Waals surface area contributed by atoms with Crippen LogP contribution in [-0.4, -0.2) is 32.3 Å². The smallest absolute Gasteiger partial charge is 0.383 e. The molecule has 0 fully saturated rings. The number of halogens is 3. The van der Waals surface area contributed by atoms with Gasteiger partial charge in [-0.2, -0.15) is 13.2 Å². The van der Waals surface area contributed by atoms with Crippen LogP contribution >= 0.6 is 11.8 Å². The lowest BCUT2D eigenvalue weighted by atomic mass is 10.3. The van der Waals surface area contributed by atoms with Crippen LogP contribution in [0.1, 0.15) is 0 Å². The average molecular weight is 228 g/mol. The lowest BCUT2D eigenvalue weighted by Crippen LogP contribution is -2.32. The Morgan fingerprint density at radius 2 is 1.71 bits per heavy atom. The molecule has 7 heteroatoms. The Bertz CT molecular complexity index is 244. The first-order valence-electron chi connectivity index (χ1n) is 3.63. The van der Waals surface area contributed by atoms with E-state index < -0.39 is 17.7 Å². The van der Waals surface area contributed by atoms with Gasteiger partial charge in [0.05, 0.1) is 5.03 Å². The van der Waals surface area contributed by atoms with E-state index in [0.29, 0.717) is 0 Å². The van der Waals surface area contributed by atoms with Gasteiger partial charge in [-0.15, -0.1) is 11.8 Å². The maximum atomic E-state index is 12.1. The van der Waals surface area contributed by atoms with Crippen LogP contribution in [-0.2, 0) is 4.79 Å². The van der Waals surface area contributed by atoms with Crippen LogP contribution in [0.4, 0.5) is 13.2 Å². The van der Waals surface area contributed by atoms with Gasteiger partial charge in [0, 0.05) is 14.1 Å². The molecule has 0 aromatic carbocycles. The van der Waals surface area contributed by atoms with E-state index in [4.69, 9.17) is 0 Å². The van der Waals surface area contributed by atoms with E-state index in [0.717, 1.165) is 11.8 Å². The van der Waals surface area contributed by atoms with Crippen LogP contribution in [0.2, 0.25) is 0 Å². The summed E-state index contributed by atoms with van der Waals surface area (Å²) in [7, 11) is 2.72. The SMILES string of the molecule is CNC(SC)=C(NC)C(=O)C(F)(F)F. The van der Waals surface area contributed by atoms with Crippen molar-refractivity contribution in [2.75, 3.05) is 20.4 Å². The molecule has 0 unspecified atom stereocenters. The molecule has 0 atom stereocenters. The maximum Gasteiger partial charge on any atom is 0.456 e. The number of carbonyl (C=O) groups is 1. The molecule has 0 saturated carbocycles. The van der Waals surface area contributed by atoms with Crippen LogP contribution in [0.5, 0.6) is 0 Å². The Labute approximate surface area is 84.1 Å². The normalized spacial score (nSPS) is 13.3. The van der Waals surface area contributed by atoms with Crippen LogP contribution in [0.3, 0.4) is 0 Å². The molecule has 0 aliphatic rings. The number of allylic oxidation sites excluding steroid dienone is 1. The van der Waals surface area contributed by atoms with Crippen LogP contribution < -0.4 is 10.6 Å². The zero-order valence-corrected chi connectivity index (χ0v) is 8.77. The Hall–Kier alpha value is -0.850. The highest BCUT2D eigenvalue weighted by atomic mass is 32.2. The summed E-state index contributed by atoms with van der Waals surface area (Å²) in [6.07, 6.45) is -3.27. The van der Waals surface area contributed by atoms with Crippen LogP contribution in [0.15, 0.2) is 10.7 Å². The third-order valence-corrected chi connectivity index (χ3v) is 2.21. The number of rotatable bonds is 4. The third kappa shape index (κ3) is 3.13. The molecular formula is C7H11F3N2OS. The Kier molecular flexibility index (Phi) is 4.82. The second-order valence-corrected chi connectivity index (χ2v) is 3.05. The summed E-state index contributed by atoms with van der Waals surface area (Å²) in [5.41, 5.74) is -0.465. The molecule has 0 aliphatic heterocycles. The fourth-order valence-corrected chi connectivity index (χ4v) is 1.40. The minimum absolute atomic E-state index is 0.162. The summed E-state index contributed by atoms with van der Waals surface area (Å²) in [5, 5.41) is 4.91. The Balaban J connectivity index is 5.08. The average Bonchev–Trinajstić information content (AvgIpc) is 2.11. The zero-order chi connectivity index (χ0) is 11.4. The number of carbonyl (C=O) groups excluding carboxylic acids is 1. The van der Waals surface area contributed by atoms with Crippen molar-refractivity contribution in [3.05, 3.63) is 10.7 Å². The number of alkyl halides is 3. The van der Waals surface area contributed by atoms with Crippen molar-refractivity contribution >= 4 is 17.5 Å². The molecule has 0 aliphatic carbocycles. The number of likely N-dealkylation sites (N-methyl/N-ethyl adjacent to an activating group) is 1. The molecule has 3 nitrogen and oxygen atoms in total. The highest BCUT2D eigenvalue weighted by Crippen LogP contribution is 2.23. The van der Waals surface area contributed by atoms with Gasteiger partial charge in [-0.25, -0.2) is 0 Å². The van der Waals surface area contributed by atoms with Crippen LogP contribution in [0.25, 0.3) is 0 Å². The molecule has 0 spiro atoms. The molecular weight excluding hydrogens is 217 g/mol. The van der Waals surface area contributed by atoms with Crippen molar-refractivity contribution in [2.24, 2.45) is 0 Å². The number of hydrogen-bond donors (Lipinski definition) is 2. The molecule has 0 rings (SSSR count). The summed E-state index contributed by atoms with van der Waals surface area (Å²) < 4.78 is 36.2. The molecule has 0 aromatic heterocycles. The van der Waals surface area contributed by atoms with Gasteiger partial charge in [0.1, 0.15) is 5.70 Å². The van der Waals surface area contributed by atoms with Crippen LogP contribution in [0, 0.1) is 0 Å². The quantitative estimate of drug-likeness (QED) is 0.707. The molecule has 0 radical (unpaired) electrons. The standard InChI is InChI=1S/C7H11F3N2OS/c1-11-4(6(12-2)14-3)5(13)7(8,9)10/h11-12H,1-3H3. The summed E-state index contributed by atoms with van der Waals surface area (Å²) in [4.78, 5) is 10.9. The van der Waals surface area contributed by atoms with Crippen molar-refractivity contribution in [2.45, 2.75) is 6.18 Å². The monoisotopic (exact) mass is 228 g/mol. The first-order chi connectivity index (χ1) is 6.38. The Morgan fingerprint density at radius 3 is 1.93 bits per heavy atom. The van der Waals surface area contributed by atoms with E-state index >= 15 is 0 Å². The predicted molar refractivity (Wildman–Crippen MR) is 49.7 cm³/mol. The lowest BCUT2D eigenvalue weighted by molar-refractivity contribution is -0.166. The topological polar surface area (TPSA) is 41.1 Å². The molecule has 82 valence electrons. The second kappa shape index (κ2) is 5.14. The number of nitrogens with one attached hydrogen (secondary N) is 2. The first kappa shape index (κ1) is 13.2. The van der Waals surface area contributed by atoms with E-state index in [-0.39, 0.29) is 5.03 Å². The van der Waals surface area contributed by atoms with E-state index in [1.807, 2.05) is 0 Å².